The van der Waals surface area contributed by atoms with E-state index in [4.69, 9.17) is 0 Å². The lowest BCUT2D eigenvalue weighted by Gasteiger charge is -0.412. The molecule has 0 heterocycles. The highest BCUT2D eigenvalue weighted by molar-refractivity contribution is 7.59. The fourth-order valence-corrected chi connectivity index (χ4v) is 0. The van der Waals surface area contributed by atoms with Crippen molar-refractivity contribution in [2.45, 2.75) is 7.43 Å². The molecule has 0 aliphatic rings. The maximum atomic E-state index is 0. The minimum absolute atomic E-state index is 0. The predicted molar refractivity (Wildman–Crippen MR) is 26.5 cm³/mol. The minimum Gasteiger partial charge on any atom is -0.412 e. The first-order chi connectivity index (χ1) is 0. The molecule has 0 amide bonds. The molecule has 1 nitrogen and oxygen atoms in total. The van der Waals surface area contributed by atoms with Gasteiger partial charge in [-0.25, -0.2) is 0 Å². The second kappa shape index (κ2) is 81.1. The number of rotatable bonds is 0. The molecule has 0 aliphatic carbocycles. The first kappa shape index (κ1) is 203. The summed E-state index contributed by atoms with van der Waals surface area (Å²) in [7, 11) is 0. The van der Waals surface area contributed by atoms with Crippen molar-refractivity contribution >= 4 is 24.5 Å². The molecule has 4 heavy (non-hydrogen) atoms. The maximum Gasteiger partial charge on any atom is 0 e. The number of hydrogen-bond donors (Lipinski definition) is 0. The van der Waals surface area contributed by atoms with Crippen LogP contribution in [-0.2, 0) is 0 Å². The quantitative estimate of drug-likeness (QED) is 0.366. The molecule has 4 radical (unpaired) electrons. The summed E-state index contributed by atoms with van der Waals surface area (Å²) < 4.78 is 0. The second-order valence-electron chi connectivity index (χ2n) is 0. The number of hydrogen-bond acceptors (Lipinski definition) is 0. The smallest absolute Gasteiger partial charge is 0 e. The van der Waals surface area contributed by atoms with Crippen LogP contribution in [0, 0.1) is 0 Å². The van der Waals surface area contributed by atoms with Crippen LogP contribution in [0.3, 0.4) is 0 Å². The molecule has 0 spiro atoms. The molecule has 2 N–H and O–H groups in total. The van der Waals surface area contributed by atoms with E-state index in [2.05, 4.69) is 0 Å². The lowest BCUT2D eigenvalue weighted by molar-refractivity contribution is 0.824. The third-order valence-electron chi connectivity index (χ3n) is 0. The van der Waals surface area contributed by atoms with Gasteiger partial charge in [0, 0.05) is 11.0 Å². The average molecular weight is 96.2 g/mol. The highest BCUT2D eigenvalue weighted by Crippen LogP contribution is 0.648. The summed E-state index contributed by atoms with van der Waals surface area (Å²) in [6, 6.07) is 0. The SMILES string of the molecule is C.O.S.[Si]. The molecule has 0 aromatic rings. The fourth-order valence-electron chi connectivity index (χ4n) is 0. The first-order valence-electron chi connectivity index (χ1n) is 0. The fraction of sp³-hybridized carbons (Fsp3) is 1.00. The zero-order chi connectivity index (χ0) is 0. The molecule has 3 heteroatoms. The monoisotopic (exact) mass is 96.0 g/mol. The van der Waals surface area contributed by atoms with Crippen LogP contribution < -0.4 is 0 Å². The van der Waals surface area contributed by atoms with Crippen molar-refractivity contribution in [1.82, 2.24) is 0 Å². The third-order valence-corrected chi connectivity index (χ3v) is 0. The Balaban J connectivity index is 0. The summed E-state index contributed by atoms with van der Waals surface area (Å²) in [5, 5.41) is 0. The largest absolute Gasteiger partial charge is 0.412 e. The zero-order valence-electron chi connectivity index (χ0n) is 1.50. The Bertz CT molecular complexity index is 8.00. The van der Waals surface area contributed by atoms with Crippen molar-refractivity contribution in [2.75, 3.05) is 0 Å². The van der Waals surface area contributed by atoms with Gasteiger partial charge in [0.25, 0.3) is 0 Å². The Morgan fingerprint density at radius 3 is 1.00 bits per heavy atom. The van der Waals surface area contributed by atoms with Crippen molar-refractivity contribution in [3.8, 4) is 0 Å². The van der Waals surface area contributed by atoms with Gasteiger partial charge in [0.2, 0.25) is 0 Å². The molecule has 0 unspecified atom stereocenters. The van der Waals surface area contributed by atoms with E-state index in [1.807, 2.05) is 0 Å². The molecule has 28 valence electrons. The standard InChI is InChI=1S/CH4.H2O.H2S.Si/h1H4;2*1H2;. The van der Waals surface area contributed by atoms with Crippen molar-refractivity contribution in [3.63, 3.8) is 0 Å². The average Bonchev–Trinajstić information content (AvgIpc) is 0. The summed E-state index contributed by atoms with van der Waals surface area (Å²) in [5.41, 5.74) is 0. The molecule has 0 saturated heterocycles. The zero-order valence-corrected chi connectivity index (χ0v) is 3.50. The van der Waals surface area contributed by atoms with Gasteiger partial charge >= 0.3 is 0 Å². The van der Waals surface area contributed by atoms with Gasteiger partial charge in [0.15, 0.2) is 0 Å². The predicted octanol–water partition coefficient (Wildman–Crippen LogP) is -0.457. The molecule has 0 bridgehead atoms. The van der Waals surface area contributed by atoms with Crippen molar-refractivity contribution in [2.24, 2.45) is 0 Å². The van der Waals surface area contributed by atoms with Crippen molar-refractivity contribution < 1.29 is 5.48 Å². The van der Waals surface area contributed by atoms with Crippen LogP contribution >= 0.6 is 13.5 Å². The van der Waals surface area contributed by atoms with E-state index in [-0.39, 0.29) is 37.4 Å². The lowest BCUT2D eigenvalue weighted by Crippen LogP contribution is -0.381. The summed E-state index contributed by atoms with van der Waals surface area (Å²) in [4.78, 5) is 0. The molecule has 0 saturated carbocycles. The third kappa shape index (κ3) is 21.2. The molecular weight excluding hydrogens is 88.2 g/mol. The van der Waals surface area contributed by atoms with E-state index in [1.165, 1.54) is 0 Å². The van der Waals surface area contributed by atoms with E-state index in [1.54, 1.807) is 0 Å². The lowest BCUT2D eigenvalue weighted by atomic mass is 12.0. The normalized spacial score (nSPS) is 0. The first-order valence-corrected chi connectivity index (χ1v) is 0. The Kier molecular flexibility index (Phi) is 4110. The Morgan fingerprint density at radius 1 is 1.00 bits per heavy atom. The summed E-state index contributed by atoms with van der Waals surface area (Å²) in [6.45, 7) is 0. The minimum atomic E-state index is 0. The van der Waals surface area contributed by atoms with Gasteiger partial charge in [-0.3, -0.25) is 0 Å². The van der Waals surface area contributed by atoms with Gasteiger partial charge < -0.3 is 5.48 Å². The van der Waals surface area contributed by atoms with Crippen molar-refractivity contribution in [1.29, 1.82) is 0 Å². The van der Waals surface area contributed by atoms with Gasteiger partial charge in [-0.2, -0.15) is 13.5 Å². The van der Waals surface area contributed by atoms with Gasteiger partial charge in [-0.1, -0.05) is 7.43 Å². The van der Waals surface area contributed by atoms with Gasteiger partial charge in [-0.15, -0.1) is 0 Å². The van der Waals surface area contributed by atoms with Crippen LogP contribution in [0.5, 0.6) is 0 Å². The van der Waals surface area contributed by atoms with E-state index in [0.717, 1.165) is 0 Å². The van der Waals surface area contributed by atoms with E-state index >= 15 is 0 Å². The molecule has 0 rings (SSSR count). The molecule has 0 aromatic heterocycles. The van der Waals surface area contributed by atoms with Crippen LogP contribution in [0.1, 0.15) is 7.43 Å². The molecule has 0 atom stereocenters. The van der Waals surface area contributed by atoms with Crippen LogP contribution in [-0.4, -0.2) is 16.4 Å². The molecular formula is CH8OSSi. The van der Waals surface area contributed by atoms with E-state index < -0.39 is 0 Å². The van der Waals surface area contributed by atoms with Crippen LogP contribution in [0.2, 0.25) is 0 Å². The van der Waals surface area contributed by atoms with E-state index in [0.29, 0.717) is 0 Å². The van der Waals surface area contributed by atoms with E-state index in [9.17, 15) is 0 Å². The van der Waals surface area contributed by atoms with Crippen molar-refractivity contribution in [3.05, 3.63) is 0 Å². The summed E-state index contributed by atoms with van der Waals surface area (Å²) in [5.74, 6) is 0. The Hall–Kier alpha value is 0.527. The highest BCUT2D eigenvalue weighted by Gasteiger charge is 0.0000206. The highest BCUT2D eigenvalue weighted by atomic mass is 32.1. The Morgan fingerprint density at radius 2 is 1.00 bits per heavy atom. The topological polar surface area (TPSA) is 31.5 Å². The molecule has 0 fully saturated rings. The van der Waals surface area contributed by atoms with Gasteiger partial charge in [0.1, 0.15) is 0 Å². The van der Waals surface area contributed by atoms with Gasteiger partial charge in [-0.05, 0) is 0 Å². The second-order valence-corrected chi connectivity index (χ2v) is 0. The van der Waals surface area contributed by atoms with Crippen LogP contribution in [0.15, 0.2) is 0 Å². The molecule has 0 aromatic carbocycles. The Labute approximate surface area is 38.2 Å². The summed E-state index contributed by atoms with van der Waals surface area (Å²) >= 11 is 0. The maximum absolute atomic E-state index is 0. The molecule has 0 aliphatic heterocycles. The van der Waals surface area contributed by atoms with Gasteiger partial charge in [0.05, 0.1) is 0 Å². The van der Waals surface area contributed by atoms with Crippen LogP contribution in [0.4, 0.5) is 0 Å². The summed E-state index contributed by atoms with van der Waals surface area (Å²) in [6.07, 6.45) is 0. The van der Waals surface area contributed by atoms with Crippen LogP contribution in [0.25, 0.3) is 0 Å².